The van der Waals surface area contributed by atoms with Crippen LogP contribution in [-0.2, 0) is 9.47 Å². The molecule has 1 aromatic carbocycles. The van der Waals surface area contributed by atoms with Gasteiger partial charge in [-0.1, -0.05) is 18.2 Å². The Labute approximate surface area is 108 Å². The molecule has 2 rings (SSSR count). The van der Waals surface area contributed by atoms with E-state index in [0.717, 1.165) is 25.3 Å². The third-order valence-corrected chi connectivity index (χ3v) is 3.24. The van der Waals surface area contributed by atoms with Crippen LogP contribution in [0.3, 0.4) is 0 Å². The van der Waals surface area contributed by atoms with Gasteiger partial charge in [-0.15, -0.1) is 0 Å². The van der Waals surface area contributed by atoms with Crippen LogP contribution >= 0.6 is 0 Å². The largest absolute Gasteiger partial charge is 0.493 e. The summed E-state index contributed by atoms with van der Waals surface area (Å²) >= 11 is 0. The topological polar surface area (TPSA) is 39.7 Å². The molecule has 0 bridgehead atoms. The predicted octanol–water partition coefficient (Wildman–Crippen LogP) is 1.76. The number of ether oxygens (including phenoxy) is 3. The Hall–Kier alpha value is -1.10. The van der Waals surface area contributed by atoms with Crippen molar-refractivity contribution in [3.05, 3.63) is 29.8 Å². The van der Waals surface area contributed by atoms with Crippen LogP contribution in [0.15, 0.2) is 24.3 Å². The van der Waals surface area contributed by atoms with Crippen molar-refractivity contribution in [3.8, 4) is 5.75 Å². The van der Waals surface area contributed by atoms with E-state index in [-0.39, 0.29) is 6.10 Å². The molecule has 1 aliphatic rings. The van der Waals surface area contributed by atoms with Crippen molar-refractivity contribution in [2.24, 2.45) is 0 Å². The summed E-state index contributed by atoms with van der Waals surface area (Å²) in [5, 5.41) is 3.53. The summed E-state index contributed by atoms with van der Waals surface area (Å²) < 4.78 is 16.1. The van der Waals surface area contributed by atoms with Crippen LogP contribution in [0.1, 0.15) is 18.0 Å². The van der Waals surface area contributed by atoms with Crippen molar-refractivity contribution in [2.75, 3.05) is 34.0 Å². The molecule has 0 aliphatic carbocycles. The number of rotatable bonds is 6. The van der Waals surface area contributed by atoms with Gasteiger partial charge in [0.2, 0.25) is 0 Å². The van der Waals surface area contributed by atoms with Gasteiger partial charge in [0.15, 0.2) is 0 Å². The molecule has 2 atom stereocenters. The Morgan fingerprint density at radius 2 is 2.22 bits per heavy atom. The van der Waals surface area contributed by atoms with Gasteiger partial charge >= 0.3 is 0 Å². The lowest BCUT2D eigenvalue weighted by molar-refractivity contribution is 0.0265. The minimum atomic E-state index is 0.0880. The average molecular weight is 251 g/mol. The van der Waals surface area contributed by atoms with Crippen molar-refractivity contribution < 1.29 is 14.2 Å². The monoisotopic (exact) mass is 251 g/mol. The van der Waals surface area contributed by atoms with Gasteiger partial charge in [0.1, 0.15) is 5.75 Å². The highest BCUT2D eigenvalue weighted by atomic mass is 16.5. The van der Waals surface area contributed by atoms with Crippen LogP contribution in [0, 0.1) is 0 Å². The van der Waals surface area contributed by atoms with Crippen LogP contribution in [0.2, 0.25) is 0 Å². The molecule has 2 unspecified atom stereocenters. The highest BCUT2D eigenvalue weighted by Crippen LogP contribution is 2.31. The van der Waals surface area contributed by atoms with Crippen molar-refractivity contribution in [2.45, 2.75) is 18.6 Å². The molecular formula is C14H21NO3. The molecule has 4 nitrogen and oxygen atoms in total. The lowest BCUT2D eigenvalue weighted by atomic mass is 10.0. The Kier molecular flexibility index (Phi) is 4.99. The van der Waals surface area contributed by atoms with Crippen molar-refractivity contribution >= 4 is 0 Å². The first-order valence-corrected chi connectivity index (χ1v) is 6.32. The zero-order valence-corrected chi connectivity index (χ0v) is 11.0. The van der Waals surface area contributed by atoms with Crippen molar-refractivity contribution in [1.82, 2.24) is 5.32 Å². The molecule has 0 radical (unpaired) electrons. The first-order valence-electron chi connectivity index (χ1n) is 6.32. The summed E-state index contributed by atoms with van der Waals surface area (Å²) in [5.74, 6) is 0.988. The van der Waals surface area contributed by atoms with E-state index in [2.05, 4.69) is 11.4 Å². The summed E-state index contributed by atoms with van der Waals surface area (Å²) in [5.41, 5.74) is 1.23. The standard InChI is InChI=1S/C14H21NO3/c1-16-10-11(17-2)9-15-13-7-8-18-14-6-4-3-5-12(13)14/h3-6,11,13,15H,7-10H2,1-2H3. The van der Waals surface area contributed by atoms with Gasteiger partial charge in [-0.25, -0.2) is 0 Å². The number of nitrogens with one attached hydrogen (secondary N) is 1. The molecule has 0 saturated carbocycles. The van der Waals surface area contributed by atoms with Gasteiger partial charge in [-0.2, -0.15) is 0 Å². The maximum absolute atomic E-state index is 5.64. The molecule has 4 heteroatoms. The number of hydrogen-bond donors (Lipinski definition) is 1. The Bertz CT molecular complexity index is 370. The molecular weight excluding hydrogens is 230 g/mol. The number of benzene rings is 1. The molecule has 1 N–H and O–H groups in total. The number of fused-ring (bicyclic) bond motifs is 1. The van der Waals surface area contributed by atoms with Crippen molar-refractivity contribution in [1.29, 1.82) is 0 Å². The molecule has 0 saturated heterocycles. The van der Waals surface area contributed by atoms with Gasteiger partial charge in [0.05, 0.1) is 19.3 Å². The summed E-state index contributed by atoms with van der Waals surface area (Å²) in [4.78, 5) is 0. The van der Waals surface area contributed by atoms with Crippen LogP contribution < -0.4 is 10.1 Å². The van der Waals surface area contributed by atoms with Gasteiger partial charge in [-0.3, -0.25) is 0 Å². The Morgan fingerprint density at radius 3 is 3.00 bits per heavy atom. The maximum atomic E-state index is 5.64. The van der Waals surface area contributed by atoms with E-state index < -0.39 is 0 Å². The maximum Gasteiger partial charge on any atom is 0.124 e. The summed E-state index contributed by atoms with van der Waals surface area (Å²) in [7, 11) is 3.40. The quantitative estimate of drug-likeness (QED) is 0.836. The van der Waals surface area contributed by atoms with E-state index in [0.29, 0.717) is 12.6 Å². The van der Waals surface area contributed by atoms with Crippen LogP contribution in [0.4, 0.5) is 0 Å². The number of para-hydroxylation sites is 1. The third kappa shape index (κ3) is 3.22. The fraction of sp³-hybridized carbons (Fsp3) is 0.571. The third-order valence-electron chi connectivity index (χ3n) is 3.24. The average Bonchev–Trinajstić information content (AvgIpc) is 2.43. The molecule has 1 aliphatic heterocycles. The smallest absolute Gasteiger partial charge is 0.124 e. The van der Waals surface area contributed by atoms with E-state index in [1.165, 1.54) is 5.56 Å². The minimum Gasteiger partial charge on any atom is -0.493 e. The predicted molar refractivity (Wildman–Crippen MR) is 70.0 cm³/mol. The van der Waals surface area contributed by atoms with E-state index >= 15 is 0 Å². The zero-order valence-electron chi connectivity index (χ0n) is 11.0. The number of hydrogen-bond acceptors (Lipinski definition) is 4. The molecule has 18 heavy (non-hydrogen) atoms. The van der Waals surface area contributed by atoms with Crippen molar-refractivity contribution in [3.63, 3.8) is 0 Å². The summed E-state index contributed by atoms with van der Waals surface area (Å²) in [6.07, 6.45) is 1.07. The second kappa shape index (κ2) is 6.73. The summed E-state index contributed by atoms with van der Waals surface area (Å²) in [6.45, 7) is 2.15. The molecule has 100 valence electrons. The van der Waals surface area contributed by atoms with Gasteiger partial charge in [-0.05, 0) is 6.07 Å². The fourth-order valence-corrected chi connectivity index (χ4v) is 2.22. The number of methoxy groups -OCH3 is 2. The zero-order chi connectivity index (χ0) is 12.8. The first kappa shape index (κ1) is 13.3. The van der Waals surface area contributed by atoms with Gasteiger partial charge < -0.3 is 19.5 Å². The Morgan fingerprint density at radius 1 is 1.39 bits per heavy atom. The molecule has 0 fully saturated rings. The lowest BCUT2D eigenvalue weighted by Gasteiger charge is -2.28. The fourth-order valence-electron chi connectivity index (χ4n) is 2.22. The molecule has 1 heterocycles. The van der Waals surface area contributed by atoms with E-state index in [9.17, 15) is 0 Å². The van der Waals surface area contributed by atoms with E-state index in [1.807, 2.05) is 18.2 Å². The minimum absolute atomic E-state index is 0.0880. The molecule has 0 aromatic heterocycles. The van der Waals surface area contributed by atoms with Crippen LogP contribution in [0.25, 0.3) is 0 Å². The van der Waals surface area contributed by atoms with E-state index in [1.54, 1.807) is 14.2 Å². The highest BCUT2D eigenvalue weighted by molar-refractivity contribution is 5.37. The van der Waals surface area contributed by atoms with Crippen LogP contribution in [-0.4, -0.2) is 40.1 Å². The first-order chi connectivity index (χ1) is 8.85. The molecule has 0 amide bonds. The van der Waals surface area contributed by atoms with E-state index in [4.69, 9.17) is 14.2 Å². The SMILES string of the molecule is COCC(CNC1CCOc2ccccc21)OC. The molecule has 1 aromatic rings. The van der Waals surface area contributed by atoms with Gasteiger partial charge in [0.25, 0.3) is 0 Å². The second-order valence-electron chi connectivity index (χ2n) is 4.45. The normalized spacial score (nSPS) is 20.0. The second-order valence-corrected chi connectivity index (χ2v) is 4.45. The summed E-state index contributed by atoms with van der Waals surface area (Å²) in [6, 6.07) is 8.52. The lowest BCUT2D eigenvalue weighted by Crippen LogP contribution is -2.36. The Balaban J connectivity index is 1.94. The van der Waals surface area contributed by atoms with Crippen LogP contribution in [0.5, 0.6) is 5.75 Å². The van der Waals surface area contributed by atoms with Gasteiger partial charge in [0, 0.05) is 38.8 Å². The molecule has 0 spiro atoms. The highest BCUT2D eigenvalue weighted by Gasteiger charge is 2.21.